The van der Waals surface area contributed by atoms with E-state index < -0.39 is 44.7 Å². The minimum Gasteiger partial charge on any atom is -0.439 e. The van der Waals surface area contributed by atoms with Gasteiger partial charge in [-0.3, -0.25) is 9.59 Å². The number of furan rings is 1. The van der Waals surface area contributed by atoms with Crippen LogP contribution in [0.5, 0.6) is 0 Å². The van der Waals surface area contributed by atoms with Gasteiger partial charge in [0.25, 0.3) is 21.8 Å². The van der Waals surface area contributed by atoms with Crippen LogP contribution in [-0.2, 0) is 34.6 Å². The van der Waals surface area contributed by atoms with E-state index in [1.807, 2.05) is 4.72 Å². The number of aromatic nitrogens is 1. The summed E-state index contributed by atoms with van der Waals surface area (Å²) in [5, 5.41) is 2.73. The Hall–Kier alpha value is -3.05. The zero-order chi connectivity index (χ0) is 30.9. The third-order valence-electron chi connectivity index (χ3n) is 7.67. The van der Waals surface area contributed by atoms with E-state index in [0.29, 0.717) is 60.9 Å². The maximum atomic E-state index is 13.0. The summed E-state index contributed by atoms with van der Waals surface area (Å²) in [6.45, 7) is 0.576. The smallest absolute Gasteiger partial charge is 0.297 e. The lowest BCUT2D eigenvalue weighted by atomic mass is 9.56. The molecule has 43 heavy (non-hydrogen) atoms. The second-order valence-electron chi connectivity index (χ2n) is 11.2. The number of nitrogens with two attached hydrogens (primary N) is 2. The van der Waals surface area contributed by atoms with Gasteiger partial charge >= 0.3 is 0 Å². The Labute approximate surface area is 252 Å². The van der Waals surface area contributed by atoms with Crippen molar-refractivity contribution in [3.05, 3.63) is 47.0 Å². The molecular formula is C27H34ClN5O9S. The van der Waals surface area contributed by atoms with E-state index in [0.717, 1.165) is 12.5 Å². The Kier molecular flexibility index (Phi) is 8.87. The van der Waals surface area contributed by atoms with Crippen LogP contribution in [0.2, 0.25) is 5.02 Å². The second-order valence-corrected chi connectivity index (χ2v) is 13.3. The number of ether oxygens (including phenoxy) is 3. The van der Waals surface area contributed by atoms with Crippen LogP contribution in [0.3, 0.4) is 0 Å². The minimum atomic E-state index is -4.38. The Morgan fingerprint density at radius 2 is 1.77 bits per heavy atom. The van der Waals surface area contributed by atoms with Gasteiger partial charge in [-0.25, -0.2) is 9.71 Å². The van der Waals surface area contributed by atoms with Crippen molar-refractivity contribution in [3.63, 3.8) is 0 Å². The summed E-state index contributed by atoms with van der Waals surface area (Å²) in [6, 6.07) is 7.47. The Morgan fingerprint density at radius 1 is 1.02 bits per heavy atom. The maximum absolute atomic E-state index is 13.0. The molecular weight excluding hydrogens is 606 g/mol. The zero-order valence-corrected chi connectivity index (χ0v) is 25.1. The lowest BCUT2D eigenvalue weighted by Gasteiger charge is -2.51. The van der Waals surface area contributed by atoms with Crippen LogP contribution in [0.1, 0.15) is 48.5 Å². The topological polar surface area (TPSA) is 211 Å². The first-order chi connectivity index (χ1) is 20.3. The van der Waals surface area contributed by atoms with Crippen molar-refractivity contribution >= 4 is 44.5 Å². The molecule has 0 radical (unpaired) electrons. The first kappa shape index (κ1) is 31.4. The van der Waals surface area contributed by atoms with Gasteiger partial charge in [-0.2, -0.15) is 8.42 Å². The number of hydrogen-bond donors (Lipinski definition) is 4. The monoisotopic (exact) mass is 639 g/mol. The van der Waals surface area contributed by atoms with Crippen molar-refractivity contribution < 1.29 is 41.1 Å². The average Bonchev–Trinajstić information content (AvgIpc) is 3.65. The number of benzene rings is 1. The number of rotatable bonds is 13. The Morgan fingerprint density at radius 3 is 2.53 bits per heavy atom. The first-order valence-electron chi connectivity index (χ1n) is 13.6. The first-order valence-corrected chi connectivity index (χ1v) is 15.5. The molecule has 0 bridgehead atoms. The lowest BCUT2D eigenvalue weighted by Crippen LogP contribution is -2.59. The van der Waals surface area contributed by atoms with Crippen LogP contribution >= 0.6 is 11.6 Å². The average molecular weight is 640 g/mol. The number of carbonyl (C=O) groups is 2. The molecule has 2 aliphatic rings. The van der Waals surface area contributed by atoms with Gasteiger partial charge in [-0.1, -0.05) is 11.6 Å². The van der Waals surface area contributed by atoms with E-state index in [2.05, 4.69) is 10.3 Å². The van der Waals surface area contributed by atoms with Crippen molar-refractivity contribution in [2.75, 3.05) is 40.1 Å². The fraction of sp³-hybridized carbons (Fsp3) is 0.519. The number of hydrogen-bond acceptors (Lipinski definition) is 12. The standard InChI is InChI=1S/C27H34ClN5O9S/c1-38-8-9-39-10-11-40-13-21(34)33-43(36,37)22-5-4-20(41-22)23(35)32-27(30)7-6-25(16-27)14-26(29,15-25)24-31-18-12-17(28)2-3-19(18)42-24/h2-5,12H,6-11,13-16,29-30H2,1H3,(H,32,35)(H,33,34)/t25?,26?,27-/m0/s1. The minimum absolute atomic E-state index is 0.0861. The number of fused-ring (bicyclic) bond motifs is 1. The molecule has 1 aromatic carbocycles. The number of halogens is 1. The molecule has 2 amide bonds. The number of methoxy groups -OCH3 is 1. The predicted octanol–water partition coefficient (Wildman–Crippen LogP) is 1.76. The van der Waals surface area contributed by atoms with Gasteiger partial charge in [0.1, 0.15) is 12.1 Å². The third-order valence-corrected chi connectivity index (χ3v) is 9.15. The highest BCUT2D eigenvalue weighted by molar-refractivity contribution is 7.89. The van der Waals surface area contributed by atoms with Crippen LogP contribution in [-0.4, -0.2) is 71.0 Å². The highest BCUT2D eigenvalue weighted by Gasteiger charge is 2.61. The van der Waals surface area contributed by atoms with Crippen LogP contribution in [0.25, 0.3) is 11.1 Å². The van der Waals surface area contributed by atoms with E-state index in [-0.39, 0.29) is 24.4 Å². The molecule has 2 saturated carbocycles. The van der Waals surface area contributed by atoms with E-state index in [4.69, 9.17) is 46.1 Å². The molecule has 0 saturated heterocycles. The predicted molar refractivity (Wildman–Crippen MR) is 152 cm³/mol. The van der Waals surface area contributed by atoms with E-state index >= 15 is 0 Å². The van der Waals surface area contributed by atoms with Gasteiger partial charge in [-0.05, 0) is 67.9 Å². The second kappa shape index (κ2) is 12.1. The molecule has 3 aromatic rings. The normalized spacial score (nSPS) is 25.2. The number of carbonyl (C=O) groups excluding carboxylic acids is 2. The van der Waals surface area contributed by atoms with Crippen molar-refractivity contribution in [3.8, 4) is 0 Å². The highest BCUT2D eigenvalue weighted by atomic mass is 35.5. The van der Waals surface area contributed by atoms with Crippen molar-refractivity contribution in [1.29, 1.82) is 0 Å². The van der Waals surface area contributed by atoms with Crippen molar-refractivity contribution in [1.82, 2.24) is 15.0 Å². The largest absolute Gasteiger partial charge is 0.439 e. The number of sulfonamides is 1. The number of oxazole rings is 1. The molecule has 2 heterocycles. The molecule has 16 heteroatoms. The van der Waals surface area contributed by atoms with Crippen molar-refractivity contribution in [2.45, 2.75) is 48.4 Å². The molecule has 0 unspecified atom stereocenters. The molecule has 2 aromatic heterocycles. The Balaban J connectivity index is 1.12. The Bertz CT molecular complexity index is 1600. The zero-order valence-electron chi connectivity index (χ0n) is 23.5. The summed E-state index contributed by atoms with van der Waals surface area (Å²) in [4.78, 5) is 29.5. The number of nitrogens with zero attached hydrogens (tertiary/aromatic N) is 1. The number of nitrogens with one attached hydrogen (secondary N) is 2. The van der Waals surface area contributed by atoms with Gasteiger partial charge in [0, 0.05) is 12.1 Å². The fourth-order valence-corrected chi connectivity index (χ4v) is 7.00. The molecule has 6 N–H and O–H groups in total. The molecule has 5 rings (SSSR count). The summed E-state index contributed by atoms with van der Waals surface area (Å²) < 4.78 is 53.3. The van der Waals surface area contributed by atoms with Crippen molar-refractivity contribution in [2.24, 2.45) is 16.9 Å². The summed E-state index contributed by atoms with van der Waals surface area (Å²) in [5.41, 5.74) is 12.4. The summed E-state index contributed by atoms with van der Waals surface area (Å²) in [7, 11) is -2.83. The fourth-order valence-electron chi connectivity index (χ4n) is 5.92. The number of amides is 2. The molecule has 14 nitrogen and oxygen atoms in total. The SMILES string of the molecule is COCCOCCOCC(=O)NS(=O)(=O)c1ccc(C(=O)N[C@@]2(N)CCC3(CC(N)(c4nc5cc(Cl)ccc5o4)C3)C2)o1. The molecule has 1 spiro atoms. The molecule has 0 aliphatic heterocycles. The highest BCUT2D eigenvalue weighted by Crippen LogP contribution is 2.62. The van der Waals surface area contributed by atoms with Gasteiger partial charge in [0.05, 0.1) is 37.6 Å². The van der Waals surface area contributed by atoms with Crippen LogP contribution in [0.15, 0.2) is 44.3 Å². The van der Waals surface area contributed by atoms with E-state index in [1.165, 1.54) is 6.07 Å². The summed E-state index contributed by atoms with van der Waals surface area (Å²) >= 11 is 6.06. The molecule has 2 aliphatic carbocycles. The van der Waals surface area contributed by atoms with E-state index in [9.17, 15) is 18.0 Å². The van der Waals surface area contributed by atoms with Crippen LogP contribution < -0.4 is 21.5 Å². The molecule has 234 valence electrons. The summed E-state index contributed by atoms with van der Waals surface area (Å²) in [6.07, 6.45) is 2.80. The van der Waals surface area contributed by atoms with Crippen LogP contribution in [0.4, 0.5) is 0 Å². The van der Waals surface area contributed by atoms with Gasteiger partial charge in [-0.15, -0.1) is 0 Å². The van der Waals surface area contributed by atoms with Crippen LogP contribution in [0, 0.1) is 5.41 Å². The third kappa shape index (κ3) is 7.03. The lowest BCUT2D eigenvalue weighted by molar-refractivity contribution is -0.124. The van der Waals surface area contributed by atoms with Gasteiger partial charge < -0.3 is 39.8 Å². The van der Waals surface area contributed by atoms with Gasteiger partial charge in [0.15, 0.2) is 11.3 Å². The van der Waals surface area contributed by atoms with E-state index in [1.54, 1.807) is 25.3 Å². The molecule has 1 atom stereocenters. The molecule has 2 fully saturated rings. The quantitative estimate of drug-likeness (QED) is 0.156. The maximum Gasteiger partial charge on any atom is 0.297 e. The van der Waals surface area contributed by atoms with Gasteiger partial charge in [0.2, 0.25) is 11.0 Å². The summed E-state index contributed by atoms with van der Waals surface area (Å²) in [5.74, 6) is -1.42.